The molecule has 2 aromatic carbocycles. The molecule has 2 aromatic heterocycles. The number of hydrogen-bond donors (Lipinski definition) is 0. The van der Waals surface area contributed by atoms with E-state index in [0.29, 0.717) is 11.1 Å². The van der Waals surface area contributed by atoms with E-state index < -0.39 is 0 Å². The van der Waals surface area contributed by atoms with Crippen molar-refractivity contribution in [3.63, 3.8) is 0 Å². The van der Waals surface area contributed by atoms with Gasteiger partial charge in [0, 0.05) is 42.7 Å². The Balaban J connectivity index is 1.57. The molecule has 6 heteroatoms. The highest BCUT2D eigenvalue weighted by atomic mass is 32.1. The van der Waals surface area contributed by atoms with Crippen molar-refractivity contribution in [2.45, 2.75) is 53.6 Å². The van der Waals surface area contributed by atoms with Gasteiger partial charge in [0.15, 0.2) is 0 Å². The first-order valence-electron chi connectivity index (χ1n) is 13.0. The summed E-state index contributed by atoms with van der Waals surface area (Å²) in [7, 11) is 0. The summed E-state index contributed by atoms with van der Waals surface area (Å²) in [4.78, 5) is 36.7. The standard InChI is InChI=1S/C32H30N2O2S2/c1-17(2)33-25-15-21(27-13-7-19(5)37-27)9-11-23(25)29(31(33)35)30-24-12-10-22(28-14-8-20(6)38-28)16-26(24)34(18(3)4)32(30)36/h7-18H,1-6H3/b30-29+. The van der Waals surface area contributed by atoms with Gasteiger partial charge in [-0.1, -0.05) is 24.3 Å². The zero-order chi connectivity index (χ0) is 26.9. The third-order valence-corrected chi connectivity index (χ3v) is 9.35. The topological polar surface area (TPSA) is 40.6 Å². The molecular weight excluding hydrogens is 508 g/mol. The molecule has 0 fully saturated rings. The summed E-state index contributed by atoms with van der Waals surface area (Å²) in [5.41, 5.74) is 6.61. The fourth-order valence-electron chi connectivity index (χ4n) is 5.57. The van der Waals surface area contributed by atoms with Crippen LogP contribution in [0, 0.1) is 13.8 Å². The number of nitrogens with zero attached hydrogens (tertiary/aromatic N) is 2. The van der Waals surface area contributed by atoms with E-state index in [2.05, 4.69) is 62.4 Å². The summed E-state index contributed by atoms with van der Waals surface area (Å²) in [6.45, 7) is 12.3. The van der Waals surface area contributed by atoms with Gasteiger partial charge < -0.3 is 9.80 Å². The molecule has 0 unspecified atom stereocenters. The lowest BCUT2D eigenvalue weighted by atomic mass is 9.95. The quantitative estimate of drug-likeness (QED) is 0.246. The molecule has 2 aliphatic heterocycles. The average molecular weight is 539 g/mol. The number of carbonyl (C=O) groups excluding carboxylic acids is 2. The van der Waals surface area contributed by atoms with E-state index in [-0.39, 0.29) is 23.9 Å². The Morgan fingerprint density at radius 2 is 0.974 bits per heavy atom. The Labute approximate surface area is 231 Å². The molecule has 0 radical (unpaired) electrons. The Bertz CT molecular complexity index is 1530. The minimum absolute atomic E-state index is 0.0405. The number of hydrogen-bond acceptors (Lipinski definition) is 4. The van der Waals surface area contributed by atoms with Crippen molar-refractivity contribution in [2.24, 2.45) is 0 Å². The summed E-state index contributed by atoms with van der Waals surface area (Å²) in [5, 5.41) is 0. The maximum Gasteiger partial charge on any atom is 0.260 e. The SMILES string of the molecule is Cc1ccc(-c2ccc3c(c2)N(C(C)C)C(=O)/C3=C2/C(=O)N(C(C)C)c3cc(-c4ccc(C)s4)ccc32)s1. The maximum atomic E-state index is 14.1. The van der Waals surface area contributed by atoms with Gasteiger partial charge in [0.25, 0.3) is 11.8 Å². The van der Waals surface area contributed by atoms with E-state index in [9.17, 15) is 9.59 Å². The van der Waals surface area contributed by atoms with Crippen LogP contribution in [-0.2, 0) is 9.59 Å². The lowest BCUT2D eigenvalue weighted by Gasteiger charge is -2.22. The molecule has 4 heterocycles. The summed E-state index contributed by atoms with van der Waals surface area (Å²) in [6.07, 6.45) is 0. The molecule has 0 atom stereocenters. The molecule has 0 saturated carbocycles. The van der Waals surface area contributed by atoms with Crippen LogP contribution < -0.4 is 9.80 Å². The second-order valence-corrected chi connectivity index (χ2v) is 13.1. The first-order valence-corrected chi connectivity index (χ1v) is 14.6. The number of rotatable bonds is 4. The highest BCUT2D eigenvalue weighted by Crippen LogP contribution is 2.49. The van der Waals surface area contributed by atoms with Gasteiger partial charge >= 0.3 is 0 Å². The van der Waals surface area contributed by atoms with Crippen molar-refractivity contribution in [1.82, 2.24) is 0 Å². The van der Waals surface area contributed by atoms with Gasteiger partial charge in [-0.3, -0.25) is 9.59 Å². The van der Waals surface area contributed by atoms with Crippen LogP contribution in [0.2, 0.25) is 0 Å². The van der Waals surface area contributed by atoms with Crippen LogP contribution in [0.25, 0.3) is 32.0 Å². The summed E-state index contributed by atoms with van der Waals surface area (Å²) < 4.78 is 0. The van der Waals surface area contributed by atoms with E-state index in [0.717, 1.165) is 33.6 Å². The van der Waals surface area contributed by atoms with Crippen LogP contribution in [0.4, 0.5) is 11.4 Å². The van der Waals surface area contributed by atoms with Crippen LogP contribution in [0.15, 0.2) is 60.7 Å². The van der Waals surface area contributed by atoms with Crippen LogP contribution in [-0.4, -0.2) is 23.9 Å². The number of carbonyl (C=O) groups is 2. The molecule has 0 N–H and O–H groups in total. The third kappa shape index (κ3) is 3.77. The lowest BCUT2D eigenvalue weighted by molar-refractivity contribution is -0.115. The van der Waals surface area contributed by atoms with E-state index >= 15 is 0 Å². The first-order chi connectivity index (χ1) is 18.2. The highest BCUT2D eigenvalue weighted by molar-refractivity contribution is 7.15. The van der Waals surface area contributed by atoms with Gasteiger partial charge in [-0.15, -0.1) is 22.7 Å². The molecule has 0 spiro atoms. The normalized spacial score (nSPS) is 16.8. The summed E-state index contributed by atoms with van der Waals surface area (Å²) in [6, 6.07) is 20.8. The van der Waals surface area contributed by atoms with E-state index in [1.54, 1.807) is 22.7 Å². The van der Waals surface area contributed by atoms with E-state index in [1.807, 2.05) is 49.6 Å². The van der Waals surface area contributed by atoms with Gasteiger partial charge in [0.2, 0.25) is 0 Å². The predicted octanol–water partition coefficient (Wildman–Crippen LogP) is 8.18. The molecule has 2 aliphatic rings. The second kappa shape index (κ2) is 9.07. The monoisotopic (exact) mass is 538 g/mol. The van der Waals surface area contributed by atoms with Crippen LogP contribution in [0.3, 0.4) is 0 Å². The van der Waals surface area contributed by atoms with Crippen LogP contribution in [0.1, 0.15) is 48.6 Å². The second-order valence-electron chi connectivity index (χ2n) is 10.6. The third-order valence-electron chi connectivity index (χ3n) is 7.25. The zero-order valence-corrected chi connectivity index (χ0v) is 24.1. The molecule has 0 bridgehead atoms. The molecule has 6 rings (SSSR count). The minimum atomic E-state index is -0.104. The molecule has 0 saturated heterocycles. The molecule has 192 valence electrons. The number of anilines is 2. The average Bonchev–Trinajstić information content (AvgIpc) is 3.61. The van der Waals surface area contributed by atoms with Crippen LogP contribution in [0.5, 0.6) is 0 Å². The summed E-state index contributed by atoms with van der Waals surface area (Å²) in [5.74, 6) is -0.209. The van der Waals surface area contributed by atoms with Crippen molar-refractivity contribution < 1.29 is 9.59 Å². The highest BCUT2D eigenvalue weighted by Gasteiger charge is 2.43. The fourth-order valence-corrected chi connectivity index (χ4v) is 7.30. The zero-order valence-electron chi connectivity index (χ0n) is 22.5. The lowest BCUT2D eigenvalue weighted by Crippen LogP contribution is -2.35. The molecule has 38 heavy (non-hydrogen) atoms. The van der Waals surface area contributed by atoms with Gasteiger partial charge in [-0.05, 0) is 89.1 Å². The summed E-state index contributed by atoms with van der Waals surface area (Å²) >= 11 is 3.49. The number of amides is 2. The number of benzene rings is 2. The Hall–Kier alpha value is -3.48. The Kier molecular flexibility index (Phi) is 5.93. The van der Waals surface area contributed by atoms with E-state index in [4.69, 9.17) is 0 Å². The van der Waals surface area contributed by atoms with Gasteiger partial charge in [-0.25, -0.2) is 0 Å². The molecule has 4 aromatic rings. The van der Waals surface area contributed by atoms with E-state index in [1.165, 1.54) is 19.5 Å². The first kappa shape index (κ1) is 24.8. The van der Waals surface area contributed by atoms with Crippen molar-refractivity contribution in [2.75, 3.05) is 9.80 Å². The number of fused-ring (bicyclic) bond motifs is 2. The number of thiophene rings is 2. The predicted molar refractivity (Wildman–Crippen MR) is 161 cm³/mol. The van der Waals surface area contributed by atoms with Crippen molar-refractivity contribution in [3.8, 4) is 20.9 Å². The minimum Gasteiger partial charge on any atom is -0.305 e. The molecule has 2 amide bonds. The van der Waals surface area contributed by atoms with Crippen molar-refractivity contribution >= 4 is 57.0 Å². The van der Waals surface area contributed by atoms with Crippen molar-refractivity contribution in [1.29, 1.82) is 0 Å². The van der Waals surface area contributed by atoms with Crippen LogP contribution >= 0.6 is 22.7 Å². The van der Waals surface area contributed by atoms with Gasteiger partial charge in [0.05, 0.1) is 22.5 Å². The van der Waals surface area contributed by atoms with Gasteiger partial charge in [0.1, 0.15) is 0 Å². The Morgan fingerprint density at radius 3 is 1.29 bits per heavy atom. The van der Waals surface area contributed by atoms with Gasteiger partial charge in [-0.2, -0.15) is 0 Å². The van der Waals surface area contributed by atoms with Crippen molar-refractivity contribution in [3.05, 3.63) is 81.5 Å². The fraction of sp³-hybridized carbons (Fsp3) is 0.250. The maximum absolute atomic E-state index is 14.1. The molecule has 4 nitrogen and oxygen atoms in total. The molecular formula is C32H30N2O2S2. The Morgan fingerprint density at radius 1 is 0.579 bits per heavy atom. The largest absolute Gasteiger partial charge is 0.305 e. The molecule has 0 aliphatic carbocycles. The number of aryl methyl sites for hydroxylation is 2. The smallest absolute Gasteiger partial charge is 0.260 e.